The highest BCUT2D eigenvalue weighted by molar-refractivity contribution is 6.35. The summed E-state index contributed by atoms with van der Waals surface area (Å²) in [5, 5.41) is 0. The van der Waals surface area contributed by atoms with E-state index in [0.29, 0.717) is 45.2 Å². The third kappa shape index (κ3) is 4.80. The van der Waals surface area contributed by atoms with Crippen molar-refractivity contribution >= 4 is 23.8 Å². The molecule has 2 heterocycles. The van der Waals surface area contributed by atoms with E-state index in [1.807, 2.05) is 18.2 Å². The first kappa shape index (κ1) is 20.1. The lowest BCUT2D eigenvalue weighted by molar-refractivity contribution is -0.152. The third-order valence-corrected chi connectivity index (χ3v) is 5.48. The van der Waals surface area contributed by atoms with Gasteiger partial charge in [-0.3, -0.25) is 14.4 Å². The maximum atomic E-state index is 12.4. The van der Waals surface area contributed by atoms with Crippen LogP contribution in [-0.4, -0.2) is 71.7 Å². The van der Waals surface area contributed by atoms with E-state index >= 15 is 0 Å². The normalized spacial score (nSPS) is 17.6. The topological polar surface area (TPSA) is 60.9 Å². The van der Waals surface area contributed by atoms with Crippen molar-refractivity contribution in [2.75, 3.05) is 39.3 Å². The number of benzene rings is 1. The molecule has 0 N–H and O–H groups in total. The van der Waals surface area contributed by atoms with Gasteiger partial charge in [0.25, 0.3) is 0 Å². The van der Waals surface area contributed by atoms with Gasteiger partial charge in [0.15, 0.2) is 0 Å². The maximum absolute atomic E-state index is 12.4. The largest absolute Gasteiger partial charge is 0.336 e. The number of hydrogen-bond donors (Lipinski definition) is 0. The Kier molecular flexibility index (Phi) is 6.49. The summed E-state index contributed by atoms with van der Waals surface area (Å²) in [5.74, 6) is -0.418. The Balaban J connectivity index is 1.49. The lowest BCUT2D eigenvalue weighted by atomic mass is 10.0. The van der Waals surface area contributed by atoms with Crippen LogP contribution in [0.15, 0.2) is 30.3 Å². The van der Waals surface area contributed by atoms with E-state index < -0.39 is 11.8 Å². The second-order valence-electron chi connectivity index (χ2n) is 7.77. The van der Waals surface area contributed by atoms with Crippen molar-refractivity contribution in [1.29, 1.82) is 0 Å². The monoisotopic (exact) mass is 383 g/mol. The standard InChI is InChI=1S/C22H29N3O3/c1-17(2)19-8-5-18(6-9-19)7-10-20(26)23-13-15-25(16-14-23)22(28)21(27)24-11-3-4-12-24/h5-10,17H,3-4,11-16H2,1-2H3/b10-7+. The summed E-state index contributed by atoms with van der Waals surface area (Å²) in [4.78, 5) is 41.9. The van der Waals surface area contributed by atoms with Crippen molar-refractivity contribution in [3.63, 3.8) is 0 Å². The number of carbonyl (C=O) groups excluding carboxylic acids is 3. The van der Waals surface area contributed by atoms with Crippen LogP contribution in [0.1, 0.15) is 43.7 Å². The van der Waals surface area contributed by atoms with Crippen LogP contribution in [0.4, 0.5) is 0 Å². The molecule has 3 amide bonds. The molecule has 0 atom stereocenters. The van der Waals surface area contributed by atoms with Crippen LogP contribution in [-0.2, 0) is 14.4 Å². The zero-order valence-electron chi connectivity index (χ0n) is 16.8. The molecular weight excluding hydrogens is 354 g/mol. The minimum absolute atomic E-state index is 0.0640. The fourth-order valence-corrected chi connectivity index (χ4v) is 3.59. The molecule has 1 aromatic carbocycles. The molecule has 2 fully saturated rings. The van der Waals surface area contributed by atoms with Crippen molar-refractivity contribution < 1.29 is 14.4 Å². The van der Waals surface area contributed by atoms with Gasteiger partial charge in [0.1, 0.15) is 0 Å². The van der Waals surface area contributed by atoms with E-state index in [-0.39, 0.29) is 5.91 Å². The van der Waals surface area contributed by atoms with E-state index in [0.717, 1.165) is 18.4 Å². The highest BCUT2D eigenvalue weighted by atomic mass is 16.2. The van der Waals surface area contributed by atoms with Gasteiger partial charge in [-0.15, -0.1) is 0 Å². The lowest BCUT2D eigenvalue weighted by Crippen LogP contribution is -2.53. The molecule has 150 valence electrons. The first-order valence-electron chi connectivity index (χ1n) is 10.1. The van der Waals surface area contributed by atoms with Gasteiger partial charge in [0.05, 0.1) is 0 Å². The first-order chi connectivity index (χ1) is 13.5. The Hall–Kier alpha value is -2.63. The van der Waals surface area contributed by atoms with E-state index in [1.165, 1.54) is 5.56 Å². The van der Waals surface area contributed by atoms with Gasteiger partial charge in [-0.05, 0) is 36.0 Å². The fraction of sp³-hybridized carbons (Fsp3) is 0.500. The zero-order chi connectivity index (χ0) is 20.1. The van der Waals surface area contributed by atoms with Gasteiger partial charge in [0.2, 0.25) is 5.91 Å². The molecule has 0 bridgehead atoms. The van der Waals surface area contributed by atoms with Crippen molar-refractivity contribution in [3.8, 4) is 0 Å². The molecule has 0 aromatic heterocycles. The van der Waals surface area contributed by atoms with Gasteiger partial charge in [-0.2, -0.15) is 0 Å². The van der Waals surface area contributed by atoms with E-state index in [2.05, 4.69) is 26.0 Å². The molecule has 2 aliphatic heterocycles. The maximum Gasteiger partial charge on any atom is 0.312 e. The highest BCUT2D eigenvalue weighted by Gasteiger charge is 2.31. The molecule has 0 aliphatic carbocycles. The molecule has 3 rings (SSSR count). The van der Waals surface area contributed by atoms with Gasteiger partial charge < -0.3 is 14.7 Å². The Morgan fingerprint density at radius 1 is 0.786 bits per heavy atom. The predicted octanol–water partition coefficient (Wildman–Crippen LogP) is 2.12. The fourth-order valence-electron chi connectivity index (χ4n) is 3.59. The molecule has 1 aromatic rings. The summed E-state index contributed by atoms with van der Waals surface area (Å²) in [6.45, 7) is 7.36. The van der Waals surface area contributed by atoms with E-state index in [4.69, 9.17) is 0 Å². The second-order valence-corrected chi connectivity index (χ2v) is 7.77. The quantitative estimate of drug-likeness (QED) is 0.593. The SMILES string of the molecule is CC(C)c1ccc(/C=C/C(=O)N2CCN(C(=O)C(=O)N3CCCC3)CC2)cc1. The number of rotatable bonds is 3. The van der Waals surface area contributed by atoms with Gasteiger partial charge in [-0.1, -0.05) is 38.1 Å². The number of nitrogens with zero attached hydrogens (tertiary/aromatic N) is 3. The van der Waals surface area contributed by atoms with Crippen LogP contribution < -0.4 is 0 Å². The number of amides is 3. The Labute approximate surface area is 166 Å². The molecule has 2 saturated heterocycles. The molecule has 28 heavy (non-hydrogen) atoms. The van der Waals surface area contributed by atoms with Crippen LogP contribution in [0.5, 0.6) is 0 Å². The molecular formula is C22H29N3O3. The van der Waals surface area contributed by atoms with Gasteiger partial charge in [-0.25, -0.2) is 0 Å². The number of hydrogen-bond acceptors (Lipinski definition) is 3. The van der Waals surface area contributed by atoms with Crippen LogP contribution in [0, 0.1) is 0 Å². The minimum atomic E-state index is -0.435. The smallest absolute Gasteiger partial charge is 0.312 e. The average molecular weight is 383 g/mol. The number of carbonyl (C=O) groups is 3. The third-order valence-electron chi connectivity index (χ3n) is 5.48. The van der Waals surface area contributed by atoms with Crippen molar-refractivity contribution in [1.82, 2.24) is 14.7 Å². The second kappa shape index (κ2) is 9.04. The molecule has 0 radical (unpaired) electrons. The summed E-state index contributed by atoms with van der Waals surface area (Å²) in [6.07, 6.45) is 5.33. The molecule has 6 heteroatoms. The molecule has 0 spiro atoms. The van der Waals surface area contributed by atoms with Gasteiger partial charge >= 0.3 is 11.8 Å². The highest BCUT2D eigenvalue weighted by Crippen LogP contribution is 2.15. The van der Waals surface area contributed by atoms with E-state index in [1.54, 1.807) is 20.8 Å². The van der Waals surface area contributed by atoms with Crippen LogP contribution in [0.3, 0.4) is 0 Å². The summed E-state index contributed by atoms with van der Waals surface area (Å²) in [5.41, 5.74) is 2.26. The summed E-state index contributed by atoms with van der Waals surface area (Å²) in [6, 6.07) is 8.19. The average Bonchev–Trinajstić information content (AvgIpc) is 3.26. The van der Waals surface area contributed by atoms with Gasteiger partial charge in [0, 0.05) is 45.3 Å². The van der Waals surface area contributed by atoms with Crippen LogP contribution in [0.25, 0.3) is 6.08 Å². The molecule has 0 unspecified atom stereocenters. The molecule has 2 aliphatic rings. The molecule has 6 nitrogen and oxygen atoms in total. The predicted molar refractivity (Wildman–Crippen MR) is 109 cm³/mol. The van der Waals surface area contributed by atoms with Crippen LogP contribution >= 0.6 is 0 Å². The Morgan fingerprint density at radius 3 is 1.82 bits per heavy atom. The van der Waals surface area contributed by atoms with Crippen LogP contribution in [0.2, 0.25) is 0 Å². The Morgan fingerprint density at radius 2 is 1.29 bits per heavy atom. The summed E-state index contributed by atoms with van der Waals surface area (Å²) >= 11 is 0. The molecule has 0 saturated carbocycles. The Bertz CT molecular complexity index is 741. The number of likely N-dealkylation sites (tertiary alicyclic amines) is 1. The zero-order valence-corrected chi connectivity index (χ0v) is 16.8. The lowest BCUT2D eigenvalue weighted by Gasteiger charge is -2.34. The summed E-state index contributed by atoms with van der Waals surface area (Å²) in [7, 11) is 0. The first-order valence-corrected chi connectivity index (χ1v) is 10.1. The number of piperazine rings is 1. The summed E-state index contributed by atoms with van der Waals surface area (Å²) < 4.78 is 0. The van der Waals surface area contributed by atoms with E-state index in [9.17, 15) is 14.4 Å². The van der Waals surface area contributed by atoms with Crippen molar-refractivity contribution in [3.05, 3.63) is 41.5 Å². The minimum Gasteiger partial charge on any atom is -0.336 e. The van der Waals surface area contributed by atoms with Crippen molar-refractivity contribution in [2.45, 2.75) is 32.6 Å². The van der Waals surface area contributed by atoms with Crippen molar-refractivity contribution in [2.24, 2.45) is 0 Å².